The number of sulfone groups is 1. The third-order valence-corrected chi connectivity index (χ3v) is 4.40. The molecule has 0 saturated carbocycles. The largest absolute Gasteiger partial charge is 0.339 e. The van der Waals surface area contributed by atoms with Gasteiger partial charge in [-0.15, -0.1) is 5.10 Å². The Labute approximate surface area is 105 Å². The van der Waals surface area contributed by atoms with E-state index in [1.165, 1.54) is 9.58 Å². The Bertz CT molecular complexity index is 524. The minimum absolute atomic E-state index is 0.0319. The molecule has 8 nitrogen and oxygen atoms in total. The molecule has 1 fully saturated rings. The molecule has 1 aromatic heterocycles. The van der Waals surface area contributed by atoms with E-state index in [1.807, 2.05) is 0 Å². The van der Waals surface area contributed by atoms with Crippen LogP contribution in [0.4, 0.5) is 0 Å². The third-order valence-electron chi connectivity index (χ3n) is 2.79. The zero-order valence-electron chi connectivity index (χ0n) is 9.82. The zero-order valence-corrected chi connectivity index (χ0v) is 10.6. The van der Waals surface area contributed by atoms with E-state index >= 15 is 0 Å². The van der Waals surface area contributed by atoms with Crippen molar-refractivity contribution < 1.29 is 13.2 Å². The maximum atomic E-state index is 11.9. The molecule has 0 unspecified atom stereocenters. The molecular formula is C9H15N5O3S. The summed E-state index contributed by atoms with van der Waals surface area (Å²) >= 11 is 0. The summed E-state index contributed by atoms with van der Waals surface area (Å²) in [6, 6.07) is 0. The fourth-order valence-electron chi connectivity index (χ4n) is 1.71. The lowest BCUT2D eigenvalue weighted by molar-refractivity contribution is -0.131. The van der Waals surface area contributed by atoms with Crippen molar-refractivity contribution in [2.45, 2.75) is 13.1 Å². The second-order valence-corrected chi connectivity index (χ2v) is 6.45. The highest BCUT2D eigenvalue weighted by Gasteiger charge is 2.25. The molecule has 2 N–H and O–H groups in total. The van der Waals surface area contributed by atoms with Crippen LogP contribution in [0.25, 0.3) is 0 Å². The second-order valence-electron chi connectivity index (χ2n) is 4.14. The lowest BCUT2D eigenvalue weighted by Gasteiger charge is -2.26. The summed E-state index contributed by atoms with van der Waals surface area (Å²) in [7, 11) is -2.97. The standard InChI is InChI=1S/C9H15N5O3S/c10-5-8-6-14(12-11-8)7-9(15)13-1-3-18(16,17)4-2-13/h6H,1-5,7,10H2. The molecule has 0 spiro atoms. The van der Waals surface area contributed by atoms with Gasteiger partial charge in [0, 0.05) is 19.6 Å². The SMILES string of the molecule is NCc1cn(CC(=O)N2CCS(=O)(=O)CC2)nn1. The van der Waals surface area contributed by atoms with Crippen LogP contribution in [0.3, 0.4) is 0 Å². The molecule has 1 aliphatic heterocycles. The maximum Gasteiger partial charge on any atom is 0.244 e. The molecule has 9 heteroatoms. The van der Waals surface area contributed by atoms with Gasteiger partial charge >= 0.3 is 0 Å². The van der Waals surface area contributed by atoms with Gasteiger partial charge in [-0.25, -0.2) is 13.1 Å². The molecule has 0 bridgehead atoms. The Morgan fingerprint density at radius 3 is 2.61 bits per heavy atom. The van der Waals surface area contributed by atoms with E-state index in [0.717, 1.165) is 0 Å². The number of rotatable bonds is 3. The Balaban J connectivity index is 1.92. The number of hydrogen-bond donors (Lipinski definition) is 1. The third kappa shape index (κ3) is 3.05. The zero-order chi connectivity index (χ0) is 13.2. The first kappa shape index (κ1) is 13.0. The van der Waals surface area contributed by atoms with Crippen LogP contribution in [-0.2, 0) is 27.7 Å². The minimum atomic E-state index is -2.97. The van der Waals surface area contributed by atoms with Crippen LogP contribution in [-0.4, -0.2) is 58.8 Å². The Kier molecular flexibility index (Phi) is 3.62. The van der Waals surface area contributed by atoms with Gasteiger partial charge in [0.25, 0.3) is 0 Å². The summed E-state index contributed by atoms with van der Waals surface area (Å²) in [5, 5.41) is 7.55. The lowest BCUT2D eigenvalue weighted by atomic mass is 10.4. The normalized spacial score (nSPS) is 18.8. The van der Waals surface area contributed by atoms with E-state index < -0.39 is 9.84 Å². The van der Waals surface area contributed by atoms with E-state index in [1.54, 1.807) is 6.20 Å². The number of nitrogens with zero attached hydrogens (tertiary/aromatic N) is 4. The number of hydrogen-bond acceptors (Lipinski definition) is 6. The van der Waals surface area contributed by atoms with Crippen LogP contribution in [0.5, 0.6) is 0 Å². The Hall–Kier alpha value is -1.48. The summed E-state index contributed by atoms with van der Waals surface area (Å²) in [6.07, 6.45) is 1.61. The first-order chi connectivity index (χ1) is 8.50. The fraction of sp³-hybridized carbons (Fsp3) is 0.667. The van der Waals surface area contributed by atoms with Gasteiger partial charge in [-0.1, -0.05) is 5.21 Å². The molecule has 0 aliphatic carbocycles. The molecule has 2 heterocycles. The number of carbonyl (C=O) groups is 1. The topological polar surface area (TPSA) is 111 Å². The van der Waals surface area contributed by atoms with Gasteiger partial charge < -0.3 is 10.6 Å². The van der Waals surface area contributed by atoms with Crippen LogP contribution in [0.2, 0.25) is 0 Å². The minimum Gasteiger partial charge on any atom is -0.339 e. The predicted octanol–water partition coefficient (Wildman–Crippen LogP) is -2.01. The van der Waals surface area contributed by atoms with E-state index in [4.69, 9.17) is 5.73 Å². The van der Waals surface area contributed by atoms with Crippen molar-refractivity contribution in [1.82, 2.24) is 19.9 Å². The number of amides is 1. The number of nitrogens with two attached hydrogens (primary N) is 1. The monoisotopic (exact) mass is 273 g/mol. The van der Waals surface area contributed by atoms with E-state index in [-0.39, 0.29) is 43.6 Å². The van der Waals surface area contributed by atoms with Crippen molar-refractivity contribution in [2.24, 2.45) is 5.73 Å². The summed E-state index contributed by atoms with van der Waals surface area (Å²) in [5.74, 6) is -0.0905. The number of aromatic nitrogens is 3. The molecule has 2 rings (SSSR count). The molecule has 0 radical (unpaired) electrons. The fourth-order valence-corrected chi connectivity index (χ4v) is 2.91. The molecule has 1 aromatic rings. The summed E-state index contributed by atoms with van der Waals surface area (Å²) in [5.41, 5.74) is 6.00. The molecule has 100 valence electrons. The second kappa shape index (κ2) is 5.02. The van der Waals surface area contributed by atoms with Gasteiger partial charge in [0.05, 0.1) is 23.4 Å². The molecule has 1 aliphatic rings. The van der Waals surface area contributed by atoms with Crippen LogP contribution in [0, 0.1) is 0 Å². The van der Waals surface area contributed by atoms with Crippen molar-refractivity contribution in [2.75, 3.05) is 24.6 Å². The van der Waals surface area contributed by atoms with Crippen molar-refractivity contribution in [3.63, 3.8) is 0 Å². The van der Waals surface area contributed by atoms with Gasteiger partial charge in [-0.3, -0.25) is 4.79 Å². The van der Waals surface area contributed by atoms with Crippen molar-refractivity contribution in [3.05, 3.63) is 11.9 Å². The smallest absolute Gasteiger partial charge is 0.244 e. The van der Waals surface area contributed by atoms with Crippen LogP contribution >= 0.6 is 0 Å². The highest BCUT2D eigenvalue weighted by Crippen LogP contribution is 2.05. The Morgan fingerprint density at radius 1 is 1.39 bits per heavy atom. The van der Waals surface area contributed by atoms with Crippen LogP contribution in [0.1, 0.15) is 5.69 Å². The van der Waals surface area contributed by atoms with E-state index in [9.17, 15) is 13.2 Å². The Morgan fingerprint density at radius 2 is 2.06 bits per heavy atom. The highest BCUT2D eigenvalue weighted by molar-refractivity contribution is 7.91. The summed E-state index contributed by atoms with van der Waals surface area (Å²) < 4.78 is 23.9. The van der Waals surface area contributed by atoms with E-state index in [2.05, 4.69) is 10.3 Å². The first-order valence-corrected chi connectivity index (χ1v) is 7.39. The molecule has 0 atom stereocenters. The molecular weight excluding hydrogens is 258 g/mol. The van der Waals surface area contributed by atoms with Crippen molar-refractivity contribution in [1.29, 1.82) is 0 Å². The van der Waals surface area contributed by atoms with Gasteiger partial charge in [-0.2, -0.15) is 0 Å². The van der Waals surface area contributed by atoms with Crippen molar-refractivity contribution >= 4 is 15.7 Å². The summed E-state index contributed by atoms with van der Waals surface area (Å²) in [4.78, 5) is 13.4. The van der Waals surface area contributed by atoms with Crippen molar-refractivity contribution in [3.8, 4) is 0 Å². The average molecular weight is 273 g/mol. The van der Waals surface area contributed by atoms with Crippen LogP contribution in [0.15, 0.2) is 6.20 Å². The number of carbonyl (C=O) groups excluding carboxylic acids is 1. The molecule has 1 amide bonds. The highest BCUT2D eigenvalue weighted by atomic mass is 32.2. The van der Waals surface area contributed by atoms with Gasteiger partial charge in [-0.05, 0) is 0 Å². The molecule has 0 aromatic carbocycles. The molecule has 1 saturated heterocycles. The average Bonchev–Trinajstić information content (AvgIpc) is 2.76. The van der Waals surface area contributed by atoms with Gasteiger partial charge in [0.1, 0.15) is 6.54 Å². The lowest BCUT2D eigenvalue weighted by Crippen LogP contribution is -2.45. The van der Waals surface area contributed by atoms with E-state index in [0.29, 0.717) is 5.69 Å². The summed E-state index contributed by atoms with van der Waals surface area (Å²) in [6.45, 7) is 0.836. The quantitative estimate of drug-likeness (QED) is 0.681. The van der Waals surface area contributed by atoms with Gasteiger partial charge in [0.15, 0.2) is 9.84 Å². The van der Waals surface area contributed by atoms with Gasteiger partial charge in [0.2, 0.25) is 5.91 Å². The maximum absolute atomic E-state index is 11.9. The molecule has 18 heavy (non-hydrogen) atoms. The predicted molar refractivity (Wildman–Crippen MR) is 63.1 cm³/mol. The van der Waals surface area contributed by atoms with Crippen LogP contribution < -0.4 is 5.73 Å². The first-order valence-electron chi connectivity index (χ1n) is 5.57.